The van der Waals surface area contributed by atoms with Crippen molar-refractivity contribution in [2.24, 2.45) is 5.73 Å². The molecule has 1 rings (SSSR count). The van der Waals surface area contributed by atoms with Crippen LogP contribution in [0.25, 0.3) is 0 Å². The minimum atomic E-state index is 0.180. The Morgan fingerprint density at radius 2 is 2.21 bits per heavy atom. The van der Waals surface area contributed by atoms with Crippen LogP contribution in [0.1, 0.15) is 25.7 Å². The Kier molecular flexibility index (Phi) is 4.35. The Morgan fingerprint density at radius 3 is 2.71 bits per heavy atom. The van der Waals surface area contributed by atoms with Gasteiger partial charge in [0.2, 0.25) is 5.91 Å². The van der Waals surface area contributed by atoms with Gasteiger partial charge in [-0.1, -0.05) is 0 Å². The van der Waals surface area contributed by atoms with Crippen molar-refractivity contribution in [1.82, 2.24) is 10.2 Å². The zero-order valence-electron chi connectivity index (χ0n) is 9.12. The van der Waals surface area contributed by atoms with Gasteiger partial charge in [0.1, 0.15) is 0 Å². The molecule has 0 aromatic carbocycles. The number of nitrogens with two attached hydrogens (primary N) is 1. The number of carbonyl (C=O) groups is 1. The van der Waals surface area contributed by atoms with Gasteiger partial charge < -0.3 is 16.0 Å². The minimum Gasteiger partial charge on any atom is -0.349 e. The second-order valence-electron chi connectivity index (χ2n) is 4.26. The molecule has 3 N–H and O–H groups in total. The standard InChI is InChI=1S/C10H21N3O/c1-13(2)10(14)5-6-12-9-4-3-8(11)7-9/h8-9,12H,3-7,11H2,1-2H3. The first-order valence-electron chi connectivity index (χ1n) is 5.28. The number of hydrogen-bond donors (Lipinski definition) is 2. The van der Waals surface area contributed by atoms with E-state index in [2.05, 4.69) is 5.32 Å². The van der Waals surface area contributed by atoms with Gasteiger partial charge in [0.15, 0.2) is 0 Å². The number of amides is 1. The van der Waals surface area contributed by atoms with Crippen LogP contribution in [-0.4, -0.2) is 43.5 Å². The Balaban J connectivity index is 2.07. The molecule has 1 aliphatic rings. The maximum Gasteiger partial charge on any atom is 0.223 e. The molecule has 0 saturated heterocycles. The lowest BCUT2D eigenvalue weighted by Crippen LogP contribution is -2.32. The van der Waals surface area contributed by atoms with E-state index in [9.17, 15) is 4.79 Å². The van der Waals surface area contributed by atoms with Gasteiger partial charge in [0.05, 0.1) is 0 Å². The molecule has 14 heavy (non-hydrogen) atoms. The number of nitrogens with one attached hydrogen (secondary N) is 1. The summed E-state index contributed by atoms with van der Waals surface area (Å²) in [6, 6.07) is 0.886. The van der Waals surface area contributed by atoms with Crippen LogP contribution in [0.5, 0.6) is 0 Å². The number of carbonyl (C=O) groups excluding carboxylic acids is 1. The molecule has 1 saturated carbocycles. The Bertz CT molecular complexity index is 194. The number of hydrogen-bond acceptors (Lipinski definition) is 3. The molecule has 1 amide bonds. The molecule has 0 aliphatic heterocycles. The lowest BCUT2D eigenvalue weighted by molar-refractivity contribution is -0.128. The van der Waals surface area contributed by atoms with Gasteiger partial charge in [0, 0.05) is 39.1 Å². The zero-order chi connectivity index (χ0) is 10.6. The van der Waals surface area contributed by atoms with Crippen molar-refractivity contribution in [1.29, 1.82) is 0 Å². The fourth-order valence-corrected chi connectivity index (χ4v) is 1.81. The Morgan fingerprint density at radius 1 is 1.50 bits per heavy atom. The summed E-state index contributed by atoms with van der Waals surface area (Å²) in [5.41, 5.74) is 5.79. The number of rotatable bonds is 4. The summed E-state index contributed by atoms with van der Waals surface area (Å²) in [6.07, 6.45) is 3.89. The minimum absolute atomic E-state index is 0.180. The molecule has 82 valence electrons. The monoisotopic (exact) mass is 199 g/mol. The van der Waals surface area contributed by atoms with Gasteiger partial charge >= 0.3 is 0 Å². The normalized spacial score (nSPS) is 26.5. The van der Waals surface area contributed by atoms with Crippen molar-refractivity contribution in [3.8, 4) is 0 Å². The average Bonchev–Trinajstić information content (AvgIpc) is 2.51. The third kappa shape index (κ3) is 3.64. The summed E-state index contributed by atoms with van der Waals surface area (Å²) >= 11 is 0. The average molecular weight is 199 g/mol. The lowest BCUT2D eigenvalue weighted by Gasteiger charge is -2.14. The first-order chi connectivity index (χ1) is 6.59. The van der Waals surface area contributed by atoms with Crippen LogP contribution in [0.2, 0.25) is 0 Å². The van der Waals surface area contributed by atoms with Crippen LogP contribution in [0, 0.1) is 0 Å². The highest BCUT2D eigenvalue weighted by Gasteiger charge is 2.20. The molecule has 0 radical (unpaired) electrons. The predicted octanol–water partition coefficient (Wildman–Crippen LogP) is -0.0659. The van der Waals surface area contributed by atoms with E-state index in [-0.39, 0.29) is 5.91 Å². The molecule has 4 nitrogen and oxygen atoms in total. The van der Waals surface area contributed by atoms with Crippen LogP contribution < -0.4 is 11.1 Å². The molecule has 0 heterocycles. The van der Waals surface area contributed by atoms with Crippen LogP contribution >= 0.6 is 0 Å². The highest BCUT2D eigenvalue weighted by atomic mass is 16.2. The van der Waals surface area contributed by atoms with Gasteiger partial charge in [0.25, 0.3) is 0 Å². The van der Waals surface area contributed by atoms with E-state index in [1.165, 1.54) is 0 Å². The highest BCUT2D eigenvalue weighted by molar-refractivity contribution is 5.75. The van der Waals surface area contributed by atoms with E-state index in [4.69, 9.17) is 5.73 Å². The van der Waals surface area contributed by atoms with Crippen molar-refractivity contribution < 1.29 is 4.79 Å². The first-order valence-corrected chi connectivity index (χ1v) is 5.28. The van der Waals surface area contributed by atoms with Crippen LogP contribution in [-0.2, 0) is 4.79 Å². The topological polar surface area (TPSA) is 58.4 Å². The summed E-state index contributed by atoms with van der Waals surface area (Å²) in [6.45, 7) is 0.772. The summed E-state index contributed by atoms with van der Waals surface area (Å²) in [4.78, 5) is 12.9. The molecule has 0 bridgehead atoms. The SMILES string of the molecule is CN(C)C(=O)CCNC1CCC(N)C1. The van der Waals surface area contributed by atoms with Gasteiger partial charge in [-0.25, -0.2) is 0 Å². The molecule has 1 aliphatic carbocycles. The van der Waals surface area contributed by atoms with Crippen molar-refractivity contribution in [3.05, 3.63) is 0 Å². The molecule has 1 fully saturated rings. The molecule has 2 unspecified atom stereocenters. The maximum atomic E-state index is 11.2. The smallest absolute Gasteiger partial charge is 0.223 e. The van der Waals surface area contributed by atoms with Gasteiger partial charge in [-0.2, -0.15) is 0 Å². The quantitative estimate of drug-likeness (QED) is 0.666. The van der Waals surface area contributed by atoms with E-state index in [0.717, 1.165) is 25.8 Å². The highest BCUT2D eigenvalue weighted by Crippen LogP contribution is 2.16. The Labute approximate surface area is 85.8 Å². The van der Waals surface area contributed by atoms with E-state index in [1.54, 1.807) is 19.0 Å². The maximum absolute atomic E-state index is 11.2. The largest absolute Gasteiger partial charge is 0.349 e. The second-order valence-corrected chi connectivity index (χ2v) is 4.26. The lowest BCUT2D eigenvalue weighted by atomic mass is 10.2. The predicted molar refractivity (Wildman–Crippen MR) is 56.9 cm³/mol. The zero-order valence-corrected chi connectivity index (χ0v) is 9.12. The van der Waals surface area contributed by atoms with E-state index in [1.807, 2.05) is 0 Å². The molecule has 0 spiro atoms. The van der Waals surface area contributed by atoms with Crippen LogP contribution in [0.15, 0.2) is 0 Å². The third-order valence-electron chi connectivity index (χ3n) is 2.74. The fourth-order valence-electron chi connectivity index (χ4n) is 1.81. The first kappa shape index (κ1) is 11.5. The molecule has 4 heteroatoms. The summed E-state index contributed by atoms with van der Waals surface area (Å²) in [7, 11) is 3.57. The summed E-state index contributed by atoms with van der Waals surface area (Å²) in [5.74, 6) is 0.180. The molecule has 0 aromatic heterocycles. The van der Waals surface area contributed by atoms with Crippen LogP contribution in [0.4, 0.5) is 0 Å². The second kappa shape index (κ2) is 5.32. The van der Waals surface area contributed by atoms with Crippen molar-refractivity contribution in [3.63, 3.8) is 0 Å². The molecular formula is C10H21N3O. The van der Waals surface area contributed by atoms with E-state index < -0.39 is 0 Å². The Hall–Kier alpha value is -0.610. The fraction of sp³-hybridized carbons (Fsp3) is 0.900. The van der Waals surface area contributed by atoms with Crippen molar-refractivity contribution in [2.75, 3.05) is 20.6 Å². The number of nitrogens with zero attached hydrogens (tertiary/aromatic N) is 1. The summed E-state index contributed by atoms with van der Waals surface area (Å²) in [5, 5.41) is 3.37. The van der Waals surface area contributed by atoms with E-state index >= 15 is 0 Å². The van der Waals surface area contributed by atoms with E-state index in [0.29, 0.717) is 18.5 Å². The molecular weight excluding hydrogens is 178 g/mol. The summed E-state index contributed by atoms with van der Waals surface area (Å²) < 4.78 is 0. The molecule has 2 atom stereocenters. The molecule has 0 aromatic rings. The van der Waals surface area contributed by atoms with Gasteiger partial charge in [-0.3, -0.25) is 4.79 Å². The van der Waals surface area contributed by atoms with Crippen LogP contribution in [0.3, 0.4) is 0 Å². The van der Waals surface area contributed by atoms with Gasteiger partial charge in [-0.15, -0.1) is 0 Å². The van der Waals surface area contributed by atoms with Crippen molar-refractivity contribution >= 4 is 5.91 Å². The van der Waals surface area contributed by atoms with Crippen molar-refractivity contribution in [2.45, 2.75) is 37.8 Å². The third-order valence-corrected chi connectivity index (χ3v) is 2.74. The van der Waals surface area contributed by atoms with Gasteiger partial charge in [-0.05, 0) is 19.3 Å².